The fraction of sp³-hybridized carbons (Fsp3) is 0. The zero-order valence-corrected chi connectivity index (χ0v) is 29.0. The number of benzene rings is 8. The summed E-state index contributed by atoms with van der Waals surface area (Å²) >= 11 is 3.77. The molecule has 2 nitrogen and oxygen atoms in total. The molecular formula is C47H28N2S2. The lowest BCUT2D eigenvalue weighted by molar-refractivity contribution is 1.29. The van der Waals surface area contributed by atoms with Crippen molar-refractivity contribution >= 4 is 113 Å². The Hall–Kier alpha value is -6.07. The monoisotopic (exact) mass is 684 g/mol. The predicted octanol–water partition coefficient (Wildman–Crippen LogP) is 14.4. The molecule has 3 heterocycles. The molecule has 0 N–H and O–H groups in total. The highest BCUT2D eigenvalue weighted by Gasteiger charge is 2.17. The number of aromatic nitrogens is 1. The van der Waals surface area contributed by atoms with Crippen LogP contribution in [0.2, 0.25) is 0 Å². The molecule has 8 aromatic carbocycles. The first kappa shape index (κ1) is 28.7. The van der Waals surface area contributed by atoms with E-state index in [1.54, 1.807) is 0 Å². The molecule has 0 radical (unpaired) electrons. The highest BCUT2D eigenvalue weighted by molar-refractivity contribution is 7.27. The van der Waals surface area contributed by atoms with Gasteiger partial charge in [-0.25, -0.2) is 0 Å². The van der Waals surface area contributed by atoms with E-state index in [4.69, 9.17) is 4.98 Å². The Kier molecular flexibility index (Phi) is 6.32. The minimum Gasteiger partial charge on any atom is -0.310 e. The Morgan fingerprint density at radius 3 is 1.53 bits per heavy atom. The number of nitrogens with zero attached hydrogens (tertiary/aromatic N) is 2. The molecule has 0 aliphatic rings. The maximum absolute atomic E-state index is 4.73. The number of rotatable bonds is 4. The van der Waals surface area contributed by atoms with E-state index >= 15 is 0 Å². The van der Waals surface area contributed by atoms with E-state index in [0.717, 1.165) is 39.1 Å². The minimum absolute atomic E-state index is 1.01. The van der Waals surface area contributed by atoms with Gasteiger partial charge >= 0.3 is 0 Å². The molecule has 0 aliphatic heterocycles. The molecule has 0 amide bonds. The van der Waals surface area contributed by atoms with Gasteiger partial charge in [-0.1, -0.05) is 103 Å². The average Bonchev–Trinajstić information content (AvgIpc) is 3.77. The van der Waals surface area contributed by atoms with Gasteiger partial charge in [-0.3, -0.25) is 4.98 Å². The maximum atomic E-state index is 4.73. The van der Waals surface area contributed by atoms with Crippen LogP contribution in [0.15, 0.2) is 170 Å². The number of hydrogen-bond acceptors (Lipinski definition) is 4. The summed E-state index contributed by atoms with van der Waals surface area (Å²) in [6.07, 6.45) is 1.98. The molecule has 0 spiro atoms. The lowest BCUT2D eigenvalue weighted by Crippen LogP contribution is -2.10. The summed E-state index contributed by atoms with van der Waals surface area (Å²) in [7, 11) is 0. The molecule has 51 heavy (non-hydrogen) atoms. The highest BCUT2D eigenvalue weighted by Crippen LogP contribution is 2.44. The van der Waals surface area contributed by atoms with Crippen LogP contribution in [0, 0.1) is 0 Å². The third kappa shape index (κ3) is 4.58. The fourth-order valence-corrected chi connectivity index (χ4v) is 10.2. The van der Waals surface area contributed by atoms with Crippen molar-refractivity contribution in [3.05, 3.63) is 170 Å². The van der Waals surface area contributed by atoms with E-state index in [9.17, 15) is 0 Å². The van der Waals surface area contributed by atoms with Crippen molar-refractivity contribution in [3.63, 3.8) is 0 Å². The van der Waals surface area contributed by atoms with Crippen LogP contribution < -0.4 is 4.90 Å². The predicted molar refractivity (Wildman–Crippen MR) is 223 cm³/mol. The fourth-order valence-electron chi connectivity index (χ4n) is 7.75. The van der Waals surface area contributed by atoms with Crippen molar-refractivity contribution < 1.29 is 0 Å². The zero-order chi connectivity index (χ0) is 33.5. The molecule has 0 unspecified atom stereocenters. The van der Waals surface area contributed by atoms with Gasteiger partial charge in [0.05, 0.1) is 5.52 Å². The number of thiophene rings is 2. The van der Waals surface area contributed by atoms with Gasteiger partial charge in [0.2, 0.25) is 0 Å². The second kappa shape index (κ2) is 11.2. The number of para-hydroxylation sites is 1. The van der Waals surface area contributed by atoms with Gasteiger partial charge in [0, 0.05) is 74.6 Å². The summed E-state index contributed by atoms with van der Waals surface area (Å²) in [5.74, 6) is 0. The first-order chi connectivity index (χ1) is 25.2. The van der Waals surface area contributed by atoms with Crippen molar-refractivity contribution in [2.75, 3.05) is 4.90 Å². The van der Waals surface area contributed by atoms with Crippen LogP contribution in [0.4, 0.5) is 17.1 Å². The van der Waals surface area contributed by atoms with E-state index in [1.165, 1.54) is 61.9 Å². The molecule has 0 bridgehead atoms. The Labute approximate surface area is 302 Å². The molecule has 3 aromatic heterocycles. The zero-order valence-electron chi connectivity index (χ0n) is 27.4. The molecule has 0 aliphatic carbocycles. The third-order valence-corrected chi connectivity index (χ3v) is 12.7. The van der Waals surface area contributed by atoms with E-state index in [2.05, 4.69) is 163 Å². The van der Waals surface area contributed by atoms with E-state index in [0.29, 0.717) is 0 Å². The Morgan fingerprint density at radius 2 is 0.902 bits per heavy atom. The molecule has 0 saturated heterocycles. The number of hydrogen-bond donors (Lipinski definition) is 0. The number of pyridine rings is 1. The quantitative estimate of drug-likeness (QED) is 0.183. The Morgan fingerprint density at radius 1 is 0.373 bits per heavy atom. The molecule has 0 fully saturated rings. The SMILES string of the molecule is c1ccc2ncc(-c3ccc(N(c4ccc5c(ccc6c7ccccc7sc56)c4)c4ccc5c(ccc6c7ccccc7sc56)c4)cc3)cc2c1. The van der Waals surface area contributed by atoms with Crippen LogP contribution in [0.5, 0.6) is 0 Å². The van der Waals surface area contributed by atoms with Crippen LogP contribution in [0.1, 0.15) is 0 Å². The van der Waals surface area contributed by atoms with Gasteiger partial charge in [-0.2, -0.15) is 0 Å². The van der Waals surface area contributed by atoms with Crippen molar-refractivity contribution in [3.8, 4) is 11.1 Å². The third-order valence-electron chi connectivity index (χ3n) is 10.3. The van der Waals surface area contributed by atoms with E-state index < -0.39 is 0 Å². The van der Waals surface area contributed by atoms with E-state index in [1.807, 2.05) is 34.9 Å². The average molecular weight is 685 g/mol. The smallest absolute Gasteiger partial charge is 0.0702 e. The van der Waals surface area contributed by atoms with Gasteiger partial charge in [0.25, 0.3) is 0 Å². The molecule has 11 aromatic rings. The van der Waals surface area contributed by atoms with Gasteiger partial charge in [0.15, 0.2) is 0 Å². The van der Waals surface area contributed by atoms with Crippen molar-refractivity contribution in [2.45, 2.75) is 0 Å². The van der Waals surface area contributed by atoms with Crippen LogP contribution in [-0.2, 0) is 0 Å². The number of fused-ring (bicyclic) bond motifs is 11. The van der Waals surface area contributed by atoms with Gasteiger partial charge < -0.3 is 4.90 Å². The normalized spacial score (nSPS) is 11.9. The summed E-state index contributed by atoms with van der Waals surface area (Å²) < 4.78 is 5.35. The van der Waals surface area contributed by atoms with Gasteiger partial charge in [-0.15, -0.1) is 22.7 Å². The van der Waals surface area contributed by atoms with Crippen LogP contribution >= 0.6 is 22.7 Å². The minimum atomic E-state index is 1.01. The Bertz CT molecular complexity index is 3000. The molecule has 4 heteroatoms. The summed E-state index contributed by atoms with van der Waals surface area (Å²) in [5.41, 5.74) is 6.64. The topological polar surface area (TPSA) is 16.1 Å². The summed E-state index contributed by atoms with van der Waals surface area (Å²) in [4.78, 5) is 7.12. The van der Waals surface area contributed by atoms with Crippen LogP contribution in [-0.4, -0.2) is 4.98 Å². The summed E-state index contributed by atoms with van der Waals surface area (Å²) in [6.45, 7) is 0. The molecule has 0 atom stereocenters. The highest BCUT2D eigenvalue weighted by atomic mass is 32.1. The lowest BCUT2D eigenvalue weighted by Gasteiger charge is -2.26. The summed E-state index contributed by atoms with van der Waals surface area (Å²) in [6, 6.07) is 59.9. The maximum Gasteiger partial charge on any atom is 0.0702 e. The largest absolute Gasteiger partial charge is 0.310 e. The molecule has 11 rings (SSSR count). The molecular weight excluding hydrogens is 657 g/mol. The van der Waals surface area contributed by atoms with Crippen LogP contribution in [0.3, 0.4) is 0 Å². The van der Waals surface area contributed by atoms with Crippen molar-refractivity contribution in [1.29, 1.82) is 0 Å². The summed E-state index contributed by atoms with van der Waals surface area (Å²) in [5, 5.41) is 11.5. The van der Waals surface area contributed by atoms with E-state index in [-0.39, 0.29) is 0 Å². The van der Waals surface area contributed by atoms with Gasteiger partial charge in [0.1, 0.15) is 0 Å². The van der Waals surface area contributed by atoms with Crippen molar-refractivity contribution in [1.82, 2.24) is 4.98 Å². The molecule has 0 saturated carbocycles. The molecule has 238 valence electrons. The first-order valence-electron chi connectivity index (χ1n) is 17.2. The van der Waals surface area contributed by atoms with Crippen LogP contribution in [0.25, 0.3) is 83.9 Å². The first-order valence-corrected chi connectivity index (χ1v) is 18.8. The van der Waals surface area contributed by atoms with Gasteiger partial charge in [-0.05, 0) is 87.8 Å². The second-order valence-corrected chi connectivity index (χ2v) is 15.3. The second-order valence-electron chi connectivity index (χ2n) is 13.2. The lowest BCUT2D eigenvalue weighted by atomic mass is 10.0. The standard InChI is InChI=1S/C47H28N2S2/c1-4-10-43-32(7-1)25-33(28-48-43)29-13-17-34(18-14-29)49(35-19-23-37-30(26-35)15-21-41-39-8-2-5-11-44(39)50-46(37)41)36-20-24-38-31(27-36)16-22-42-40-9-3-6-12-45(40)51-47(38)42/h1-28H. The number of anilines is 3. The van der Waals surface area contributed by atoms with Crippen molar-refractivity contribution in [2.24, 2.45) is 0 Å². The Balaban J connectivity index is 1.07.